The van der Waals surface area contributed by atoms with Crippen LogP contribution in [0.4, 0.5) is 0 Å². The lowest BCUT2D eigenvalue weighted by molar-refractivity contribution is -0.167. The number of unbranched alkanes of at least 4 members (excludes halogenated alkanes) is 28. The van der Waals surface area contributed by atoms with Gasteiger partial charge in [0.15, 0.2) is 6.10 Å². The highest BCUT2D eigenvalue weighted by Gasteiger charge is 2.19. The first-order valence-corrected chi connectivity index (χ1v) is 28.4. The summed E-state index contributed by atoms with van der Waals surface area (Å²) in [6.45, 7) is 6.48. The SMILES string of the molecule is CC/C=C\C/C=C\C/C=C\C/C=C\CCCCC(=O)OC(COC(=O)CCCCCCC/C=C\C/C=C\CCCCC)COC(=O)CCCCCCCCCCCCCCCCCCCCC. The number of hydrogen-bond donors (Lipinski definition) is 0. The predicted octanol–water partition coefficient (Wildman–Crippen LogP) is 19.0. The molecule has 0 aliphatic rings. The number of esters is 3. The van der Waals surface area contributed by atoms with Gasteiger partial charge in [0.2, 0.25) is 0 Å². The number of ether oxygens (including phenoxy) is 3. The van der Waals surface area contributed by atoms with Gasteiger partial charge in [0.1, 0.15) is 13.2 Å². The molecule has 6 nitrogen and oxygen atoms in total. The van der Waals surface area contributed by atoms with E-state index >= 15 is 0 Å². The van der Waals surface area contributed by atoms with Crippen LogP contribution in [0.3, 0.4) is 0 Å². The smallest absolute Gasteiger partial charge is 0.306 e. The van der Waals surface area contributed by atoms with Crippen molar-refractivity contribution in [2.45, 2.75) is 284 Å². The van der Waals surface area contributed by atoms with Crippen molar-refractivity contribution in [3.8, 4) is 0 Å². The fourth-order valence-electron chi connectivity index (χ4n) is 7.93. The van der Waals surface area contributed by atoms with Crippen LogP contribution in [0.15, 0.2) is 72.9 Å². The van der Waals surface area contributed by atoms with Crippen LogP contribution in [0.25, 0.3) is 0 Å². The molecule has 0 aliphatic heterocycles. The molecule has 0 saturated heterocycles. The van der Waals surface area contributed by atoms with Gasteiger partial charge in [-0.25, -0.2) is 0 Å². The van der Waals surface area contributed by atoms with Gasteiger partial charge in [0, 0.05) is 19.3 Å². The number of hydrogen-bond acceptors (Lipinski definition) is 6. The van der Waals surface area contributed by atoms with E-state index in [4.69, 9.17) is 14.2 Å². The highest BCUT2D eigenvalue weighted by Crippen LogP contribution is 2.16. The molecule has 0 fully saturated rings. The Morgan fingerprint density at radius 3 is 0.970 bits per heavy atom. The Balaban J connectivity index is 4.41. The zero-order valence-corrected chi connectivity index (χ0v) is 44.2. The maximum absolute atomic E-state index is 12.8. The molecule has 0 spiro atoms. The zero-order valence-electron chi connectivity index (χ0n) is 44.2. The number of carbonyl (C=O) groups excluding carboxylic acids is 3. The molecule has 1 atom stereocenters. The molecule has 0 aliphatic carbocycles. The average molecular weight is 936 g/mol. The van der Waals surface area contributed by atoms with Crippen molar-refractivity contribution in [2.75, 3.05) is 13.2 Å². The van der Waals surface area contributed by atoms with E-state index in [0.717, 1.165) is 103 Å². The first kappa shape index (κ1) is 63.8. The maximum Gasteiger partial charge on any atom is 0.306 e. The van der Waals surface area contributed by atoms with E-state index < -0.39 is 6.10 Å². The Labute approximate surface area is 414 Å². The molecule has 0 aromatic heterocycles. The molecule has 0 radical (unpaired) electrons. The molecule has 0 amide bonds. The van der Waals surface area contributed by atoms with E-state index in [0.29, 0.717) is 19.3 Å². The fraction of sp³-hybridized carbons (Fsp3) is 0.754. The largest absolute Gasteiger partial charge is 0.462 e. The summed E-state index contributed by atoms with van der Waals surface area (Å²) in [5, 5.41) is 0. The summed E-state index contributed by atoms with van der Waals surface area (Å²) in [4.78, 5) is 38.1. The second-order valence-corrected chi connectivity index (χ2v) is 18.8. The summed E-state index contributed by atoms with van der Waals surface area (Å²) in [5.41, 5.74) is 0. The number of carbonyl (C=O) groups is 3. The topological polar surface area (TPSA) is 78.9 Å². The summed E-state index contributed by atoms with van der Waals surface area (Å²) >= 11 is 0. The Kier molecular flexibility index (Phi) is 52.8. The monoisotopic (exact) mass is 935 g/mol. The molecule has 0 N–H and O–H groups in total. The number of rotatable bonds is 51. The lowest BCUT2D eigenvalue weighted by Crippen LogP contribution is -2.30. The van der Waals surface area contributed by atoms with Crippen LogP contribution < -0.4 is 0 Å². The first-order valence-electron chi connectivity index (χ1n) is 28.4. The molecule has 0 rings (SSSR count). The van der Waals surface area contributed by atoms with Crippen molar-refractivity contribution < 1.29 is 28.6 Å². The highest BCUT2D eigenvalue weighted by atomic mass is 16.6. The lowest BCUT2D eigenvalue weighted by Gasteiger charge is -2.18. The molecule has 67 heavy (non-hydrogen) atoms. The van der Waals surface area contributed by atoms with Gasteiger partial charge in [-0.2, -0.15) is 0 Å². The minimum Gasteiger partial charge on any atom is -0.462 e. The van der Waals surface area contributed by atoms with E-state index in [-0.39, 0.29) is 37.5 Å². The van der Waals surface area contributed by atoms with E-state index in [1.54, 1.807) is 0 Å². The second kappa shape index (κ2) is 55.4. The predicted molar refractivity (Wildman–Crippen MR) is 288 cm³/mol. The third-order valence-corrected chi connectivity index (χ3v) is 12.2. The molecule has 0 saturated carbocycles. The van der Waals surface area contributed by atoms with E-state index in [9.17, 15) is 14.4 Å². The number of allylic oxidation sites excluding steroid dienone is 12. The molecule has 1 unspecified atom stereocenters. The zero-order chi connectivity index (χ0) is 48.6. The standard InChI is InChI=1S/C61H106O6/c1-4-7-10-13-16-19-22-25-28-29-30-31-34-36-39-42-45-48-51-54-60(63)66-57-58(67-61(64)55-52-49-46-43-40-37-33-27-24-21-18-15-12-9-6-3)56-65-59(62)53-50-47-44-41-38-35-32-26-23-20-17-14-11-8-5-2/h9,12,17-18,20-21,26-27,32-33,40,43,58H,4-8,10-11,13-16,19,22-25,28-31,34-39,41-42,44-57H2,1-3H3/b12-9-,20-17-,21-18-,32-26-,33-27-,43-40-. The van der Waals surface area contributed by atoms with Crippen molar-refractivity contribution in [1.82, 2.24) is 0 Å². The van der Waals surface area contributed by atoms with Crippen LogP contribution in [0.2, 0.25) is 0 Å². The molecule has 386 valence electrons. The van der Waals surface area contributed by atoms with Gasteiger partial charge in [-0.3, -0.25) is 14.4 Å². The average Bonchev–Trinajstić information content (AvgIpc) is 3.33. The summed E-state index contributed by atoms with van der Waals surface area (Å²) in [6.07, 6.45) is 70.4. The van der Waals surface area contributed by atoms with Gasteiger partial charge in [-0.05, 0) is 89.9 Å². The second-order valence-electron chi connectivity index (χ2n) is 18.8. The van der Waals surface area contributed by atoms with Crippen molar-refractivity contribution in [3.63, 3.8) is 0 Å². The van der Waals surface area contributed by atoms with Crippen LogP contribution in [0, 0.1) is 0 Å². The molecule has 6 heteroatoms. The minimum absolute atomic E-state index is 0.0946. The van der Waals surface area contributed by atoms with Gasteiger partial charge < -0.3 is 14.2 Å². The summed E-state index contributed by atoms with van der Waals surface area (Å²) in [5.74, 6) is -0.942. The van der Waals surface area contributed by atoms with E-state index in [1.807, 2.05) is 0 Å². The van der Waals surface area contributed by atoms with Gasteiger partial charge >= 0.3 is 17.9 Å². The molecular formula is C61H106O6. The van der Waals surface area contributed by atoms with E-state index in [1.165, 1.54) is 128 Å². The van der Waals surface area contributed by atoms with Crippen LogP contribution >= 0.6 is 0 Å². The van der Waals surface area contributed by atoms with E-state index in [2.05, 4.69) is 93.7 Å². The molecule has 0 heterocycles. The van der Waals surface area contributed by atoms with Crippen LogP contribution in [-0.2, 0) is 28.6 Å². The van der Waals surface area contributed by atoms with Crippen molar-refractivity contribution in [2.24, 2.45) is 0 Å². The van der Waals surface area contributed by atoms with Crippen molar-refractivity contribution in [3.05, 3.63) is 72.9 Å². The first-order chi connectivity index (χ1) is 33.0. The summed E-state index contributed by atoms with van der Waals surface area (Å²) in [7, 11) is 0. The third-order valence-electron chi connectivity index (χ3n) is 12.2. The van der Waals surface area contributed by atoms with Crippen molar-refractivity contribution in [1.29, 1.82) is 0 Å². The summed E-state index contributed by atoms with van der Waals surface area (Å²) in [6, 6.07) is 0. The Bertz CT molecular complexity index is 1260. The Hall–Kier alpha value is -3.15. The molecular weight excluding hydrogens is 829 g/mol. The van der Waals surface area contributed by atoms with Crippen LogP contribution in [0.5, 0.6) is 0 Å². The molecule has 0 bridgehead atoms. The van der Waals surface area contributed by atoms with Crippen LogP contribution in [-0.4, -0.2) is 37.2 Å². The summed E-state index contributed by atoms with van der Waals surface area (Å²) < 4.78 is 16.8. The van der Waals surface area contributed by atoms with Gasteiger partial charge in [0.25, 0.3) is 0 Å². The van der Waals surface area contributed by atoms with Crippen LogP contribution in [0.1, 0.15) is 278 Å². The minimum atomic E-state index is -0.801. The highest BCUT2D eigenvalue weighted by molar-refractivity contribution is 5.71. The Morgan fingerprint density at radius 1 is 0.313 bits per heavy atom. The maximum atomic E-state index is 12.8. The quantitative estimate of drug-likeness (QED) is 0.0262. The molecule has 0 aromatic carbocycles. The third kappa shape index (κ3) is 53.7. The van der Waals surface area contributed by atoms with Gasteiger partial charge in [0.05, 0.1) is 0 Å². The van der Waals surface area contributed by atoms with Gasteiger partial charge in [-0.15, -0.1) is 0 Å². The fourth-order valence-corrected chi connectivity index (χ4v) is 7.93. The normalized spacial score (nSPS) is 12.6. The Morgan fingerprint density at radius 2 is 0.582 bits per heavy atom. The van der Waals surface area contributed by atoms with Crippen molar-refractivity contribution >= 4 is 17.9 Å². The molecule has 0 aromatic rings. The lowest BCUT2D eigenvalue weighted by atomic mass is 10.0. The van der Waals surface area contributed by atoms with Gasteiger partial charge in [-0.1, -0.05) is 241 Å².